The lowest BCUT2D eigenvalue weighted by atomic mass is 10.0. The SMILES string of the molecule is O=C(CCCc1cccc(F)c1)c1ccccc1. The van der Waals surface area contributed by atoms with E-state index in [4.69, 9.17) is 0 Å². The Kier molecular flexibility index (Phi) is 4.24. The van der Waals surface area contributed by atoms with Crippen LogP contribution in [0.1, 0.15) is 28.8 Å². The van der Waals surface area contributed by atoms with Gasteiger partial charge in [0, 0.05) is 12.0 Å². The van der Waals surface area contributed by atoms with Crippen molar-refractivity contribution in [2.75, 3.05) is 0 Å². The summed E-state index contributed by atoms with van der Waals surface area (Å²) in [5, 5.41) is 0. The normalized spacial score (nSPS) is 10.3. The Hall–Kier alpha value is -1.96. The molecule has 2 heteroatoms. The van der Waals surface area contributed by atoms with Gasteiger partial charge in [-0.2, -0.15) is 0 Å². The van der Waals surface area contributed by atoms with E-state index < -0.39 is 0 Å². The minimum Gasteiger partial charge on any atom is -0.294 e. The van der Waals surface area contributed by atoms with Crippen LogP contribution in [0.25, 0.3) is 0 Å². The molecule has 0 radical (unpaired) electrons. The third kappa shape index (κ3) is 3.52. The number of hydrogen-bond acceptors (Lipinski definition) is 1. The van der Waals surface area contributed by atoms with Gasteiger partial charge in [-0.3, -0.25) is 4.79 Å². The van der Waals surface area contributed by atoms with Crippen LogP contribution in [0.3, 0.4) is 0 Å². The fourth-order valence-electron chi connectivity index (χ4n) is 1.91. The Morgan fingerprint density at radius 1 is 1.00 bits per heavy atom. The van der Waals surface area contributed by atoms with E-state index in [1.54, 1.807) is 6.07 Å². The van der Waals surface area contributed by atoms with Gasteiger partial charge in [0.25, 0.3) is 0 Å². The number of rotatable bonds is 5. The molecule has 0 atom stereocenters. The number of hydrogen-bond donors (Lipinski definition) is 0. The van der Waals surface area contributed by atoms with Crippen molar-refractivity contribution < 1.29 is 9.18 Å². The van der Waals surface area contributed by atoms with Crippen LogP contribution in [-0.4, -0.2) is 5.78 Å². The molecule has 2 rings (SSSR count). The average Bonchev–Trinajstić information content (AvgIpc) is 2.40. The first-order valence-corrected chi connectivity index (χ1v) is 6.08. The zero-order chi connectivity index (χ0) is 12.8. The second-order valence-electron chi connectivity index (χ2n) is 4.27. The van der Waals surface area contributed by atoms with Crippen molar-refractivity contribution in [1.82, 2.24) is 0 Å². The maximum absolute atomic E-state index is 13.0. The highest BCUT2D eigenvalue weighted by Crippen LogP contribution is 2.10. The van der Waals surface area contributed by atoms with Crippen molar-refractivity contribution in [3.63, 3.8) is 0 Å². The van der Waals surface area contributed by atoms with E-state index >= 15 is 0 Å². The van der Waals surface area contributed by atoms with E-state index in [9.17, 15) is 9.18 Å². The number of ketones is 1. The minimum atomic E-state index is -0.220. The molecule has 0 unspecified atom stereocenters. The molecule has 0 aliphatic rings. The Labute approximate surface area is 106 Å². The fourth-order valence-corrected chi connectivity index (χ4v) is 1.91. The molecule has 0 amide bonds. The number of Topliss-reactive ketones (excluding diaryl/α,β-unsaturated/α-hetero) is 1. The standard InChI is InChI=1S/C16H15FO/c17-15-10-4-6-13(12-15)7-5-11-16(18)14-8-2-1-3-9-14/h1-4,6,8-10,12H,5,7,11H2. The molecule has 18 heavy (non-hydrogen) atoms. The van der Waals surface area contributed by atoms with E-state index in [-0.39, 0.29) is 11.6 Å². The summed E-state index contributed by atoms with van der Waals surface area (Å²) in [6, 6.07) is 15.8. The molecule has 0 saturated carbocycles. The predicted octanol–water partition coefficient (Wildman–Crippen LogP) is 4.03. The van der Waals surface area contributed by atoms with Crippen LogP contribution in [-0.2, 0) is 6.42 Å². The molecule has 0 N–H and O–H groups in total. The number of carbonyl (C=O) groups excluding carboxylic acids is 1. The molecule has 0 aliphatic carbocycles. The van der Waals surface area contributed by atoms with Crippen molar-refractivity contribution in [2.24, 2.45) is 0 Å². The lowest BCUT2D eigenvalue weighted by Crippen LogP contribution is -1.99. The van der Waals surface area contributed by atoms with Crippen molar-refractivity contribution in [3.05, 3.63) is 71.5 Å². The van der Waals surface area contributed by atoms with Gasteiger partial charge in [0.2, 0.25) is 0 Å². The molecule has 0 spiro atoms. The quantitative estimate of drug-likeness (QED) is 0.723. The van der Waals surface area contributed by atoms with Crippen LogP contribution in [0.2, 0.25) is 0 Å². The van der Waals surface area contributed by atoms with Crippen LogP contribution in [0.5, 0.6) is 0 Å². The molecule has 2 aromatic rings. The summed E-state index contributed by atoms with van der Waals surface area (Å²) in [6.07, 6.45) is 1.98. The van der Waals surface area contributed by atoms with Gasteiger partial charge in [-0.1, -0.05) is 42.5 Å². The zero-order valence-electron chi connectivity index (χ0n) is 10.1. The summed E-state index contributed by atoms with van der Waals surface area (Å²) in [7, 11) is 0. The first-order valence-electron chi connectivity index (χ1n) is 6.08. The van der Waals surface area contributed by atoms with Gasteiger partial charge < -0.3 is 0 Å². The first kappa shape index (κ1) is 12.5. The number of benzene rings is 2. The molecule has 2 aromatic carbocycles. The van der Waals surface area contributed by atoms with E-state index in [0.717, 1.165) is 24.0 Å². The van der Waals surface area contributed by atoms with Crippen molar-refractivity contribution in [3.8, 4) is 0 Å². The molecule has 0 fully saturated rings. The van der Waals surface area contributed by atoms with Gasteiger partial charge in [-0.25, -0.2) is 4.39 Å². The van der Waals surface area contributed by atoms with Gasteiger partial charge in [0.1, 0.15) is 5.82 Å². The van der Waals surface area contributed by atoms with Crippen LogP contribution >= 0.6 is 0 Å². The summed E-state index contributed by atoms with van der Waals surface area (Å²) in [6.45, 7) is 0. The number of carbonyl (C=O) groups is 1. The van der Waals surface area contributed by atoms with Gasteiger partial charge in [0.05, 0.1) is 0 Å². The van der Waals surface area contributed by atoms with Crippen molar-refractivity contribution in [1.29, 1.82) is 0 Å². The molecule has 0 bridgehead atoms. The summed E-state index contributed by atoms with van der Waals surface area (Å²) >= 11 is 0. The van der Waals surface area contributed by atoms with Gasteiger partial charge >= 0.3 is 0 Å². The third-order valence-electron chi connectivity index (χ3n) is 2.85. The molecule has 92 valence electrons. The van der Waals surface area contributed by atoms with Gasteiger partial charge in [-0.05, 0) is 30.5 Å². The summed E-state index contributed by atoms with van der Waals surface area (Å²) in [5.41, 5.74) is 1.69. The van der Waals surface area contributed by atoms with Crippen LogP contribution in [0.4, 0.5) is 4.39 Å². The summed E-state index contributed by atoms with van der Waals surface area (Å²) < 4.78 is 13.0. The highest BCUT2D eigenvalue weighted by atomic mass is 19.1. The summed E-state index contributed by atoms with van der Waals surface area (Å²) in [4.78, 5) is 11.8. The highest BCUT2D eigenvalue weighted by Gasteiger charge is 2.04. The maximum atomic E-state index is 13.0. The third-order valence-corrected chi connectivity index (χ3v) is 2.85. The van der Waals surface area contributed by atoms with Gasteiger partial charge in [0.15, 0.2) is 5.78 Å². The van der Waals surface area contributed by atoms with Crippen molar-refractivity contribution in [2.45, 2.75) is 19.3 Å². The van der Waals surface area contributed by atoms with E-state index in [1.807, 2.05) is 36.4 Å². The van der Waals surface area contributed by atoms with Gasteiger partial charge in [-0.15, -0.1) is 0 Å². The number of aryl methyl sites for hydroxylation is 1. The second-order valence-corrected chi connectivity index (χ2v) is 4.27. The number of halogens is 1. The lowest BCUT2D eigenvalue weighted by Gasteiger charge is -2.02. The average molecular weight is 242 g/mol. The second kappa shape index (κ2) is 6.10. The van der Waals surface area contributed by atoms with Crippen LogP contribution in [0.15, 0.2) is 54.6 Å². The molecule has 1 nitrogen and oxygen atoms in total. The zero-order valence-corrected chi connectivity index (χ0v) is 10.1. The Balaban J connectivity index is 1.84. The van der Waals surface area contributed by atoms with Crippen LogP contribution < -0.4 is 0 Å². The van der Waals surface area contributed by atoms with E-state index in [2.05, 4.69) is 0 Å². The fraction of sp³-hybridized carbons (Fsp3) is 0.188. The van der Waals surface area contributed by atoms with E-state index in [0.29, 0.717) is 6.42 Å². The molecular weight excluding hydrogens is 227 g/mol. The topological polar surface area (TPSA) is 17.1 Å². The lowest BCUT2D eigenvalue weighted by molar-refractivity contribution is 0.0980. The molecule has 0 heterocycles. The largest absolute Gasteiger partial charge is 0.294 e. The first-order chi connectivity index (χ1) is 8.75. The molecule has 0 saturated heterocycles. The monoisotopic (exact) mass is 242 g/mol. The minimum absolute atomic E-state index is 0.145. The Morgan fingerprint density at radius 2 is 1.78 bits per heavy atom. The molecular formula is C16H15FO. The maximum Gasteiger partial charge on any atom is 0.162 e. The Bertz CT molecular complexity index is 520. The predicted molar refractivity (Wildman–Crippen MR) is 70.1 cm³/mol. The molecule has 0 aliphatic heterocycles. The van der Waals surface area contributed by atoms with Crippen LogP contribution in [0, 0.1) is 5.82 Å². The van der Waals surface area contributed by atoms with E-state index in [1.165, 1.54) is 12.1 Å². The summed E-state index contributed by atoms with van der Waals surface area (Å²) in [5.74, 6) is -0.0751. The smallest absolute Gasteiger partial charge is 0.162 e. The molecule has 0 aromatic heterocycles. The Morgan fingerprint density at radius 3 is 2.50 bits per heavy atom. The van der Waals surface area contributed by atoms with Crippen molar-refractivity contribution >= 4 is 5.78 Å². The highest BCUT2D eigenvalue weighted by molar-refractivity contribution is 5.95.